The molecule has 0 spiro atoms. The molecule has 0 bridgehead atoms. The van der Waals surface area contributed by atoms with Gasteiger partial charge in [-0.3, -0.25) is 45.3 Å². The zero-order chi connectivity index (χ0) is 24.0. The van der Waals surface area contributed by atoms with Crippen molar-refractivity contribution in [3.05, 3.63) is 70.2 Å². The van der Waals surface area contributed by atoms with Gasteiger partial charge in [-0.2, -0.15) is 0 Å². The Bertz CT molecular complexity index is 1090. The second-order valence-corrected chi connectivity index (χ2v) is 7.77. The molecule has 1 heterocycles. The summed E-state index contributed by atoms with van der Waals surface area (Å²) in [6.07, 6.45) is -0.165. The van der Waals surface area contributed by atoms with Crippen molar-refractivity contribution in [3.63, 3.8) is 0 Å². The van der Waals surface area contributed by atoms with Crippen LogP contribution in [0.5, 0.6) is 0 Å². The van der Waals surface area contributed by atoms with Gasteiger partial charge in [0.2, 0.25) is 5.91 Å². The van der Waals surface area contributed by atoms with Crippen molar-refractivity contribution in [2.45, 2.75) is 13.3 Å². The van der Waals surface area contributed by atoms with Gasteiger partial charge < -0.3 is 4.74 Å². The number of carbonyl (C=O) groups excluding carboxylic acids is 5. The number of halogens is 1. The van der Waals surface area contributed by atoms with Crippen LogP contribution in [0.2, 0.25) is 5.02 Å². The Balaban J connectivity index is 1.42. The van der Waals surface area contributed by atoms with Gasteiger partial charge in [0, 0.05) is 22.6 Å². The van der Waals surface area contributed by atoms with Crippen LogP contribution < -0.4 is 16.3 Å². The number of nitrogens with one attached hydrogen (secondary N) is 3. The molecule has 3 rings (SSSR count). The van der Waals surface area contributed by atoms with Crippen LogP contribution in [0.25, 0.3) is 0 Å². The quantitative estimate of drug-likeness (QED) is 0.426. The van der Waals surface area contributed by atoms with Crippen molar-refractivity contribution in [3.8, 4) is 0 Å². The van der Waals surface area contributed by atoms with E-state index in [4.69, 9.17) is 16.3 Å². The van der Waals surface area contributed by atoms with E-state index in [0.29, 0.717) is 10.6 Å². The fourth-order valence-corrected chi connectivity index (χ4v) is 3.16. The van der Waals surface area contributed by atoms with E-state index in [1.807, 2.05) is 13.0 Å². The highest BCUT2D eigenvalue weighted by Gasteiger charge is 2.36. The summed E-state index contributed by atoms with van der Waals surface area (Å²) in [7, 11) is 0. The predicted octanol–water partition coefficient (Wildman–Crippen LogP) is 1.15. The lowest BCUT2D eigenvalue weighted by molar-refractivity contribution is -0.152. The van der Waals surface area contributed by atoms with Crippen LogP contribution in [0.3, 0.4) is 0 Å². The van der Waals surface area contributed by atoms with E-state index in [0.717, 1.165) is 10.6 Å². The molecule has 2 aromatic rings. The maximum atomic E-state index is 12.3. The first kappa shape index (κ1) is 23.7. The van der Waals surface area contributed by atoms with E-state index in [-0.39, 0.29) is 18.5 Å². The molecule has 1 atom stereocenters. The first-order valence-electron chi connectivity index (χ1n) is 9.92. The van der Waals surface area contributed by atoms with Crippen LogP contribution in [0.1, 0.15) is 32.7 Å². The molecule has 3 N–H and O–H groups in total. The molecular formula is C22H21ClN4O6. The van der Waals surface area contributed by atoms with Gasteiger partial charge in [0.15, 0.2) is 6.61 Å². The lowest BCUT2D eigenvalue weighted by Gasteiger charge is -2.17. The van der Waals surface area contributed by atoms with Crippen molar-refractivity contribution in [2.75, 3.05) is 13.2 Å². The monoisotopic (exact) mass is 472 g/mol. The smallest absolute Gasteiger partial charge is 0.311 e. The molecule has 2 aromatic carbocycles. The van der Waals surface area contributed by atoms with Crippen LogP contribution in [-0.4, -0.2) is 47.8 Å². The van der Waals surface area contributed by atoms with Crippen molar-refractivity contribution < 1.29 is 28.7 Å². The first-order chi connectivity index (χ1) is 15.7. The molecule has 0 aliphatic carbocycles. The number of benzene rings is 2. The van der Waals surface area contributed by atoms with Crippen LogP contribution in [0.4, 0.5) is 0 Å². The van der Waals surface area contributed by atoms with Crippen molar-refractivity contribution in [1.82, 2.24) is 21.3 Å². The fourth-order valence-electron chi connectivity index (χ4n) is 3.04. The zero-order valence-electron chi connectivity index (χ0n) is 17.6. The highest BCUT2D eigenvalue weighted by Crippen LogP contribution is 2.18. The third-order valence-electron chi connectivity index (χ3n) is 4.74. The summed E-state index contributed by atoms with van der Waals surface area (Å²) in [6.45, 7) is 1.10. The van der Waals surface area contributed by atoms with Crippen molar-refractivity contribution in [1.29, 1.82) is 0 Å². The van der Waals surface area contributed by atoms with Crippen LogP contribution in [0, 0.1) is 12.8 Å². The Morgan fingerprint density at radius 2 is 1.76 bits per heavy atom. The number of hydrogen-bond donors (Lipinski definition) is 3. The molecule has 0 aromatic heterocycles. The van der Waals surface area contributed by atoms with E-state index in [1.54, 1.807) is 18.2 Å². The maximum absolute atomic E-state index is 12.3. The average Bonchev–Trinajstić information content (AvgIpc) is 3.16. The minimum Gasteiger partial charge on any atom is -0.455 e. The molecule has 172 valence electrons. The highest BCUT2D eigenvalue weighted by molar-refractivity contribution is 6.30. The summed E-state index contributed by atoms with van der Waals surface area (Å²) in [6, 6.07) is 12.8. The van der Waals surface area contributed by atoms with Gasteiger partial charge in [-0.15, -0.1) is 0 Å². The molecule has 1 aliphatic heterocycles. The Kier molecular flexibility index (Phi) is 7.62. The van der Waals surface area contributed by atoms with E-state index >= 15 is 0 Å². The number of carbonyl (C=O) groups is 5. The molecule has 4 amide bonds. The summed E-state index contributed by atoms with van der Waals surface area (Å²) < 4.78 is 4.93. The van der Waals surface area contributed by atoms with E-state index < -0.39 is 42.1 Å². The minimum atomic E-state index is -0.841. The van der Waals surface area contributed by atoms with Crippen LogP contribution in [-0.2, 0) is 19.1 Å². The molecular weight excluding hydrogens is 452 g/mol. The fraction of sp³-hybridized carbons (Fsp3) is 0.227. The number of aryl methyl sites for hydroxylation is 1. The molecule has 10 nitrogen and oxygen atoms in total. The first-order valence-corrected chi connectivity index (χ1v) is 10.3. The lowest BCUT2D eigenvalue weighted by Crippen LogP contribution is -2.44. The molecule has 11 heteroatoms. The number of hydrazine groups is 2. The van der Waals surface area contributed by atoms with Crippen LogP contribution in [0.15, 0.2) is 48.5 Å². The Labute approximate surface area is 194 Å². The molecule has 0 radical (unpaired) electrons. The molecule has 1 fully saturated rings. The topological polar surface area (TPSA) is 134 Å². The number of nitrogens with zero attached hydrogens (tertiary/aromatic N) is 1. The number of ether oxygens (including phenoxy) is 1. The molecule has 1 aliphatic rings. The number of hydrogen-bond acceptors (Lipinski definition) is 6. The molecule has 0 saturated carbocycles. The summed E-state index contributed by atoms with van der Waals surface area (Å²) in [5.41, 5.74) is 8.33. The van der Waals surface area contributed by atoms with Crippen molar-refractivity contribution in [2.24, 2.45) is 5.92 Å². The van der Waals surface area contributed by atoms with Crippen LogP contribution >= 0.6 is 11.6 Å². The third-order valence-corrected chi connectivity index (χ3v) is 4.99. The number of esters is 1. The van der Waals surface area contributed by atoms with Gasteiger partial charge in [0.05, 0.1) is 12.5 Å². The van der Waals surface area contributed by atoms with E-state index in [9.17, 15) is 24.0 Å². The van der Waals surface area contributed by atoms with Gasteiger partial charge in [-0.25, -0.2) is 0 Å². The summed E-state index contributed by atoms with van der Waals surface area (Å²) in [5.74, 6) is -3.87. The minimum absolute atomic E-state index is 0.0792. The molecule has 0 unspecified atom stereocenters. The Morgan fingerprint density at radius 1 is 1.03 bits per heavy atom. The van der Waals surface area contributed by atoms with Gasteiger partial charge >= 0.3 is 5.97 Å². The Morgan fingerprint density at radius 3 is 2.45 bits per heavy atom. The normalized spacial score (nSPS) is 15.0. The predicted molar refractivity (Wildman–Crippen MR) is 116 cm³/mol. The Hall–Kier alpha value is -3.92. The maximum Gasteiger partial charge on any atom is 0.311 e. The molecule has 1 saturated heterocycles. The van der Waals surface area contributed by atoms with Gasteiger partial charge in [-0.05, 0) is 43.3 Å². The van der Waals surface area contributed by atoms with E-state index in [2.05, 4.69) is 16.3 Å². The average molecular weight is 473 g/mol. The lowest BCUT2D eigenvalue weighted by atomic mass is 10.1. The third kappa shape index (κ3) is 6.53. The second kappa shape index (κ2) is 10.6. The highest BCUT2D eigenvalue weighted by atomic mass is 35.5. The van der Waals surface area contributed by atoms with Gasteiger partial charge in [-0.1, -0.05) is 29.3 Å². The van der Waals surface area contributed by atoms with E-state index in [1.165, 1.54) is 24.3 Å². The summed E-state index contributed by atoms with van der Waals surface area (Å²) in [4.78, 5) is 60.5. The standard InChI is InChI=1S/C22H21ClN4O6/c1-13-3-2-4-15(9-13)21(31)26-27-11-16(10-19(27)29)22(32)33-12-18(28)24-25-20(30)14-5-7-17(23)8-6-14/h2-9,16H,10-12H2,1H3,(H,24,28)(H,25,30)(H,26,31)/t16-/m1/s1. The van der Waals surface area contributed by atoms with Gasteiger partial charge in [0.1, 0.15) is 0 Å². The largest absolute Gasteiger partial charge is 0.455 e. The SMILES string of the molecule is Cc1cccc(C(=O)NN2C[C@H](C(=O)OCC(=O)NNC(=O)c3ccc(Cl)cc3)CC2=O)c1. The summed E-state index contributed by atoms with van der Waals surface area (Å²) >= 11 is 5.75. The number of amides is 4. The van der Waals surface area contributed by atoms with Gasteiger partial charge in [0.25, 0.3) is 17.7 Å². The zero-order valence-corrected chi connectivity index (χ0v) is 18.3. The second-order valence-electron chi connectivity index (χ2n) is 7.33. The number of rotatable bonds is 6. The van der Waals surface area contributed by atoms with Crippen molar-refractivity contribution >= 4 is 41.2 Å². The molecule has 33 heavy (non-hydrogen) atoms. The summed E-state index contributed by atoms with van der Waals surface area (Å²) in [5, 5.41) is 1.52.